The van der Waals surface area contributed by atoms with Gasteiger partial charge in [-0.1, -0.05) is 6.07 Å². The first-order valence-corrected chi connectivity index (χ1v) is 5.37. The fourth-order valence-electron chi connectivity index (χ4n) is 0.884. The molecule has 1 atom stereocenters. The molecule has 3 N–H and O–H groups in total. The predicted octanol–water partition coefficient (Wildman–Crippen LogP) is 1.99. The number of hydrogen-bond acceptors (Lipinski definition) is 4. The summed E-state index contributed by atoms with van der Waals surface area (Å²) in [6, 6.07) is 7.20. The molecule has 0 aliphatic carbocycles. The molecule has 0 saturated carbocycles. The zero-order valence-electron chi connectivity index (χ0n) is 8.12. The van der Waals surface area contributed by atoms with E-state index in [1.54, 1.807) is 18.2 Å². The van der Waals surface area contributed by atoms with E-state index in [-0.39, 0.29) is 11.8 Å². The normalized spacial score (nSPS) is 11.9. The topological polar surface area (TPSA) is 77.2 Å². The molecule has 0 unspecified atom stereocenters. The summed E-state index contributed by atoms with van der Waals surface area (Å²) in [4.78, 5) is 0. The minimum Gasteiger partial charge on any atom is -0.422 e. The van der Waals surface area contributed by atoms with Crippen molar-refractivity contribution in [3.05, 3.63) is 33.4 Å². The van der Waals surface area contributed by atoms with Gasteiger partial charge in [0, 0.05) is 9.13 Å². The lowest BCUT2D eigenvalue weighted by Crippen LogP contribution is -2.22. The van der Waals surface area contributed by atoms with Gasteiger partial charge in [-0.05, 0) is 47.7 Å². The monoisotopic (exact) mass is 318 g/mol. The third-order valence-corrected chi connectivity index (χ3v) is 2.35. The number of aliphatic hydroxyl groups excluding tert-OH is 1. The van der Waals surface area contributed by atoms with Crippen LogP contribution in [0.15, 0.2) is 24.3 Å². The van der Waals surface area contributed by atoms with Gasteiger partial charge in [0.1, 0.15) is 6.10 Å². The summed E-state index contributed by atoms with van der Waals surface area (Å²) in [6.45, 7) is 1.42. The molecule has 4 nitrogen and oxygen atoms in total. The molecule has 0 amide bonds. The van der Waals surface area contributed by atoms with E-state index in [0.717, 1.165) is 3.57 Å². The zero-order valence-corrected chi connectivity index (χ0v) is 10.3. The highest BCUT2D eigenvalue weighted by Gasteiger charge is 2.10. The summed E-state index contributed by atoms with van der Waals surface area (Å²) in [5, 5.41) is 23.9. The smallest absolute Gasteiger partial charge is 0.221 e. The lowest BCUT2D eigenvalue weighted by atomic mass is 10.2. The minimum atomic E-state index is -0.992. The molecule has 15 heavy (non-hydrogen) atoms. The van der Waals surface area contributed by atoms with Crippen LogP contribution >= 0.6 is 22.6 Å². The Morgan fingerprint density at radius 1 is 1.47 bits per heavy atom. The Morgan fingerprint density at radius 3 is 2.67 bits per heavy atom. The molecular formula is C10H11IN2O2. The first kappa shape index (κ1) is 12.1. The van der Waals surface area contributed by atoms with Gasteiger partial charge in [0.15, 0.2) is 0 Å². The fourth-order valence-corrected chi connectivity index (χ4v) is 1.43. The maximum atomic E-state index is 9.02. The van der Waals surface area contributed by atoms with E-state index < -0.39 is 6.10 Å². The summed E-state index contributed by atoms with van der Waals surface area (Å²) in [7, 11) is 0. The number of rotatable bonds is 2. The lowest BCUT2D eigenvalue weighted by Gasteiger charge is -2.09. The van der Waals surface area contributed by atoms with Crippen molar-refractivity contribution < 1.29 is 9.84 Å². The van der Waals surface area contributed by atoms with Crippen molar-refractivity contribution in [2.45, 2.75) is 13.0 Å². The molecule has 1 rings (SSSR count). The van der Waals surface area contributed by atoms with Gasteiger partial charge in [-0.3, -0.25) is 10.8 Å². The van der Waals surface area contributed by atoms with Crippen LogP contribution in [0, 0.1) is 14.4 Å². The van der Waals surface area contributed by atoms with E-state index in [1.165, 1.54) is 6.92 Å². The Hall–Kier alpha value is -0.950. The van der Waals surface area contributed by atoms with Gasteiger partial charge < -0.3 is 9.84 Å². The molecule has 0 saturated heterocycles. The van der Waals surface area contributed by atoms with E-state index in [4.69, 9.17) is 20.7 Å². The number of halogens is 1. The van der Waals surface area contributed by atoms with Crippen LogP contribution in [0.3, 0.4) is 0 Å². The van der Waals surface area contributed by atoms with Crippen molar-refractivity contribution in [1.29, 1.82) is 10.8 Å². The maximum absolute atomic E-state index is 9.02. The van der Waals surface area contributed by atoms with Gasteiger partial charge in [-0.2, -0.15) is 0 Å². The van der Waals surface area contributed by atoms with Crippen molar-refractivity contribution in [3.8, 4) is 0 Å². The Morgan fingerprint density at radius 2 is 2.13 bits per heavy atom. The van der Waals surface area contributed by atoms with E-state index in [1.807, 2.05) is 6.07 Å². The second-order valence-electron chi connectivity index (χ2n) is 2.98. The molecule has 1 aromatic rings. The van der Waals surface area contributed by atoms with E-state index in [9.17, 15) is 0 Å². The Balaban J connectivity index is 2.74. The van der Waals surface area contributed by atoms with Gasteiger partial charge in [-0.25, -0.2) is 0 Å². The van der Waals surface area contributed by atoms with Crippen molar-refractivity contribution >= 4 is 34.4 Å². The highest BCUT2D eigenvalue weighted by Crippen LogP contribution is 2.09. The van der Waals surface area contributed by atoms with E-state index in [2.05, 4.69) is 22.6 Å². The van der Waals surface area contributed by atoms with Crippen molar-refractivity contribution in [2.24, 2.45) is 0 Å². The summed E-state index contributed by atoms with van der Waals surface area (Å²) < 4.78 is 5.85. The molecule has 0 bridgehead atoms. The van der Waals surface area contributed by atoms with Crippen molar-refractivity contribution in [1.82, 2.24) is 0 Å². The molecule has 1 aromatic carbocycles. The average molecular weight is 318 g/mol. The number of aliphatic hydroxyl groups is 1. The molecule has 0 aromatic heterocycles. The lowest BCUT2D eigenvalue weighted by molar-refractivity contribution is 0.235. The van der Waals surface area contributed by atoms with Crippen molar-refractivity contribution in [3.63, 3.8) is 0 Å². The van der Waals surface area contributed by atoms with Gasteiger partial charge in [0.05, 0.1) is 0 Å². The molecule has 5 heteroatoms. The second-order valence-corrected chi connectivity index (χ2v) is 4.23. The number of benzene rings is 1. The second kappa shape index (κ2) is 5.22. The SMILES string of the molecule is C[C@H](O)C(=N)OC(=N)c1cccc(I)c1. The number of hydrogen-bond donors (Lipinski definition) is 3. The fraction of sp³-hybridized carbons (Fsp3) is 0.200. The van der Waals surface area contributed by atoms with Gasteiger partial charge >= 0.3 is 0 Å². The Bertz CT molecular complexity index is 391. The number of ether oxygens (including phenoxy) is 1. The third-order valence-electron chi connectivity index (χ3n) is 1.68. The predicted molar refractivity (Wildman–Crippen MR) is 66.5 cm³/mol. The molecule has 0 aliphatic rings. The summed E-state index contributed by atoms with van der Waals surface area (Å²) in [5.41, 5.74) is 0.590. The molecular weight excluding hydrogens is 307 g/mol. The molecule has 0 spiro atoms. The minimum absolute atomic E-state index is 0.126. The Labute approximate surface area is 101 Å². The molecule has 80 valence electrons. The first-order chi connectivity index (χ1) is 7.00. The number of nitrogens with one attached hydrogen (secondary N) is 2. The van der Waals surface area contributed by atoms with Crippen LogP contribution in [0.1, 0.15) is 12.5 Å². The van der Waals surface area contributed by atoms with E-state index >= 15 is 0 Å². The van der Waals surface area contributed by atoms with Crippen LogP contribution in [0.4, 0.5) is 0 Å². The Kier molecular flexibility index (Phi) is 4.22. The van der Waals surface area contributed by atoms with Crippen LogP contribution in [0.2, 0.25) is 0 Å². The summed E-state index contributed by atoms with van der Waals surface area (Å²) in [5.74, 6) is -0.446. The molecule has 0 radical (unpaired) electrons. The summed E-state index contributed by atoms with van der Waals surface area (Å²) in [6.07, 6.45) is -0.992. The average Bonchev–Trinajstić information content (AvgIpc) is 2.17. The largest absolute Gasteiger partial charge is 0.422 e. The molecule has 0 fully saturated rings. The molecule has 0 aliphatic heterocycles. The van der Waals surface area contributed by atoms with Crippen LogP contribution in [0.5, 0.6) is 0 Å². The van der Waals surface area contributed by atoms with Crippen LogP contribution < -0.4 is 0 Å². The quantitative estimate of drug-likeness (QED) is 0.443. The first-order valence-electron chi connectivity index (χ1n) is 4.29. The van der Waals surface area contributed by atoms with Gasteiger partial charge in [0.2, 0.25) is 11.8 Å². The standard InChI is InChI=1S/C10H11IN2O2/c1-6(14)9(12)15-10(13)7-3-2-4-8(11)5-7/h2-6,12-14H,1H3/t6-/m0/s1. The van der Waals surface area contributed by atoms with Gasteiger partial charge in [0.25, 0.3) is 0 Å². The van der Waals surface area contributed by atoms with Crippen molar-refractivity contribution in [2.75, 3.05) is 0 Å². The van der Waals surface area contributed by atoms with Crippen LogP contribution in [-0.4, -0.2) is 23.0 Å². The van der Waals surface area contributed by atoms with Crippen LogP contribution in [-0.2, 0) is 4.74 Å². The maximum Gasteiger partial charge on any atom is 0.221 e. The highest BCUT2D eigenvalue weighted by molar-refractivity contribution is 14.1. The highest BCUT2D eigenvalue weighted by atomic mass is 127. The van der Waals surface area contributed by atoms with Crippen LogP contribution in [0.25, 0.3) is 0 Å². The van der Waals surface area contributed by atoms with E-state index in [0.29, 0.717) is 5.56 Å². The summed E-state index contributed by atoms with van der Waals surface area (Å²) >= 11 is 2.13. The molecule has 0 heterocycles. The van der Waals surface area contributed by atoms with Gasteiger partial charge in [-0.15, -0.1) is 0 Å². The third kappa shape index (κ3) is 3.60. The zero-order chi connectivity index (χ0) is 11.4.